The fraction of sp³-hybridized carbons (Fsp3) is 0.278. The third-order valence-corrected chi connectivity index (χ3v) is 5.84. The minimum absolute atomic E-state index is 0.0174. The van der Waals surface area contributed by atoms with Crippen LogP contribution in [0.25, 0.3) is 0 Å². The molecule has 1 N–H and O–H groups in total. The summed E-state index contributed by atoms with van der Waals surface area (Å²) in [4.78, 5) is 8.41. The molecule has 0 aliphatic carbocycles. The van der Waals surface area contributed by atoms with Gasteiger partial charge in [-0.1, -0.05) is 12.1 Å². The third-order valence-electron chi connectivity index (χ3n) is 4.24. The van der Waals surface area contributed by atoms with Crippen molar-refractivity contribution in [1.29, 1.82) is 0 Å². The fourth-order valence-electron chi connectivity index (χ4n) is 2.83. The van der Waals surface area contributed by atoms with Gasteiger partial charge in [-0.05, 0) is 39.8 Å². The van der Waals surface area contributed by atoms with Gasteiger partial charge in [0, 0.05) is 7.05 Å². The van der Waals surface area contributed by atoms with Crippen LogP contribution in [-0.4, -0.2) is 28.2 Å². The van der Waals surface area contributed by atoms with E-state index in [-0.39, 0.29) is 22.3 Å². The molecule has 2 aromatic heterocycles. The highest BCUT2D eigenvalue weighted by Crippen LogP contribution is 2.28. The number of para-hydroxylation sites is 1. The van der Waals surface area contributed by atoms with Gasteiger partial charge in [0.1, 0.15) is 4.90 Å². The van der Waals surface area contributed by atoms with Gasteiger partial charge in [-0.3, -0.25) is 9.40 Å². The lowest BCUT2D eigenvalue weighted by Crippen LogP contribution is -2.17. The summed E-state index contributed by atoms with van der Waals surface area (Å²) in [5.41, 5.74) is 1.84. The quantitative estimate of drug-likeness (QED) is 0.700. The summed E-state index contributed by atoms with van der Waals surface area (Å²) in [5.74, 6) is -0.565. The Morgan fingerprint density at radius 3 is 2.18 bits per heavy atom. The molecule has 0 fully saturated rings. The molecule has 2 heterocycles. The monoisotopic (exact) mass is 405 g/mol. The Morgan fingerprint density at radius 2 is 1.64 bits per heavy atom. The van der Waals surface area contributed by atoms with E-state index in [0.717, 1.165) is 0 Å². The molecule has 0 saturated heterocycles. The first-order valence-corrected chi connectivity index (χ1v) is 9.89. The summed E-state index contributed by atoms with van der Waals surface area (Å²) in [6, 6.07) is 5.81. The number of sulfonamides is 1. The van der Waals surface area contributed by atoms with Gasteiger partial charge in [-0.15, -0.1) is 0 Å². The zero-order valence-corrected chi connectivity index (χ0v) is 16.9. The van der Waals surface area contributed by atoms with Crippen LogP contribution >= 0.6 is 0 Å². The van der Waals surface area contributed by atoms with Crippen LogP contribution in [0.3, 0.4) is 0 Å². The molecule has 0 amide bonds. The van der Waals surface area contributed by atoms with E-state index in [1.165, 1.54) is 16.8 Å². The molecule has 0 bridgehead atoms. The lowest BCUT2D eigenvalue weighted by atomic mass is 10.3. The number of nitrogens with one attached hydrogen (secondary N) is 1. The van der Waals surface area contributed by atoms with Crippen molar-refractivity contribution in [2.45, 2.75) is 32.6 Å². The topological polar surface area (TPSA) is 99.0 Å². The second-order valence-corrected chi connectivity index (χ2v) is 7.93. The Labute approximate surface area is 162 Å². The highest BCUT2D eigenvalue weighted by molar-refractivity contribution is 7.92. The maximum atomic E-state index is 13.8. The zero-order chi connectivity index (χ0) is 20.6. The van der Waals surface area contributed by atoms with Gasteiger partial charge in [-0.2, -0.15) is 15.1 Å². The van der Waals surface area contributed by atoms with Gasteiger partial charge in [0.05, 0.1) is 28.5 Å². The minimum Gasteiger partial charge on any atom is -0.421 e. The number of hydrogen-bond acceptors (Lipinski definition) is 6. The number of anilines is 1. The molecule has 8 nitrogen and oxygen atoms in total. The molecule has 1 aromatic carbocycles. The summed E-state index contributed by atoms with van der Waals surface area (Å²) < 4.78 is 49.0. The van der Waals surface area contributed by atoms with Crippen molar-refractivity contribution >= 4 is 15.7 Å². The molecule has 3 rings (SSSR count). The molecule has 0 saturated carbocycles. The second kappa shape index (κ2) is 7.19. The Bertz CT molecular complexity index is 1140. The van der Waals surface area contributed by atoms with E-state index >= 15 is 0 Å². The summed E-state index contributed by atoms with van der Waals surface area (Å²) in [6.07, 6.45) is 0. The molecule has 0 spiro atoms. The summed E-state index contributed by atoms with van der Waals surface area (Å²) in [5, 5.41) is 4.14. The van der Waals surface area contributed by atoms with E-state index in [1.807, 2.05) is 0 Å². The van der Waals surface area contributed by atoms with Gasteiger partial charge < -0.3 is 4.74 Å². The Balaban J connectivity index is 1.94. The molecular formula is C18H20FN5O3S. The molecule has 148 valence electrons. The number of benzene rings is 1. The fourth-order valence-corrected chi connectivity index (χ4v) is 4.45. The number of aromatic nitrogens is 4. The Hall–Kier alpha value is -3.01. The van der Waals surface area contributed by atoms with E-state index in [0.29, 0.717) is 22.8 Å². The number of halogens is 1. The van der Waals surface area contributed by atoms with E-state index in [1.54, 1.807) is 46.9 Å². The highest BCUT2D eigenvalue weighted by Gasteiger charge is 2.26. The first-order chi connectivity index (χ1) is 13.1. The number of ether oxygens (including phenoxy) is 1. The summed E-state index contributed by atoms with van der Waals surface area (Å²) >= 11 is 0. The van der Waals surface area contributed by atoms with Gasteiger partial charge in [0.15, 0.2) is 11.6 Å². The highest BCUT2D eigenvalue weighted by atomic mass is 32.2. The molecule has 0 aliphatic heterocycles. The average molecular weight is 405 g/mol. The van der Waals surface area contributed by atoms with Crippen LogP contribution < -0.4 is 9.46 Å². The van der Waals surface area contributed by atoms with E-state index in [2.05, 4.69) is 19.8 Å². The molecule has 0 aliphatic rings. The average Bonchev–Trinajstić information content (AvgIpc) is 2.86. The predicted molar refractivity (Wildman–Crippen MR) is 101 cm³/mol. The molecule has 0 unspecified atom stereocenters. The number of aryl methyl sites for hydroxylation is 4. The van der Waals surface area contributed by atoms with Gasteiger partial charge in [0.2, 0.25) is 0 Å². The SMILES string of the molecule is Cc1nc(Oc2ccccc2F)nc(C)c1NS(=O)(=O)c1c(C)nn(C)c1C. The number of rotatable bonds is 5. The number of nitrogens with zero attached hydrogens (tertiary/aromatic N) is 4. The predicted octanol–water partition coefficient (Wildman–Crippen LogP) is 3.18. The van der Waals surface area contributed by atoms with Crippen LogP contribution in [0, 0.1) is 33.5 Å². The first kappa shape index (κ1) is 19.7. The molecule has 3 aromatic rings. The Morgan fingerprint density at radius 1 is 1.04 bits per heavy atom. The van der Waals surface area contributed by atoms with Crippen molar-refractivity contribution in [3.05, 3.63) is 52.9 Å². The smallest absolute Gasteiger partial charge is 0.322 e. The van der Waals surface area contributed by atoms with Crippen LogP contribution in [0.4, 0.5) is 10.1 Å². The van der Waals surface area contributed by atoms with Crippen LogP contribution in [0.2, 0.25) is 0 Å². The lowest BCUT2D eigenvalue weighted by molar-refractivity contribution is 0.409. The van der Waals surface area contributed by atoms with E-state index in [4.69, 9.17) is 4.74 Å². The maximum Gasteiger partial charge on any atom is 0.322 e. The second-order valence-electron chi connectivity index (χ2n) is 6.31. The zero-order valence-electron chi connectivity index (χ0n) is 16.1. The Kier molecular flexibility index (Phi) is 5.07. The normalized spacial score (nSPS) is 11.5. The summed E-state index contributed by atoms with van der Waals surface area (Å²) in [7, 11) is -2.22. The van der Waals surface area contributed by atoms with Gasteiger partial charge >= 0.3 is 6.01 Å². The van der Waals surface area contributed by atoms with Crippen molar-refractivity contribution < 1.29 is 17.5 Å². The summed E-state index contributed by atoms with van der Waals surface area (Å²) in [6.45, 7) is 6.53. The van der Waals surface area contributed by atoms with Crippen molar-refractivity contribution in [1.82, 2.24) is 19.7 Å². The third kappa shape index (κ3) is 3.68. The maximum absolute atomic E-state index is 13.8. The lowest BCUT2D eigenvalue weighted by Gasteiger charge is -2.14. The van der Waals surface area contributed by atoms with Crippen LogP contribution in [0.5, 0.6) is 11.8 Å². The van der Waals surface area contributed by atoms with E-state index in [9.17, 15) is 12.8 Å². The minimum atomic E-state index is -3.89. The molecule has 0 atom stereocenters. The molecule has 0 radical (unpaired) electrons. The molecule has 10 heteroatoms. The van der Waals surface area contributed by atoms with Crippen LogP contribution in [-0.2, 0) is 17.1 Å². The largest absolute Gasteiger partial charge is 0.421 e. The van der Waals surface area contributed by atoms with Crippen molar-refractivity contribution in [3.8, 4) is 11.8 Å². The number of hydrogen-bond donors (Lipinski definition) is 1. The van der Waals surface area contributed by atoms with Crippen molar-refractivity contribution in [3.63, 3.8) is 0 Å². The van der Waals surface area contributed by atoms with Gasteiger partial charge in [0.25, 0.3) is 10.0 Å². The standard InChI is InChI=1S/C18H20FN5O3S/c1-10-16(23-28(25,26)17-12(3)22-24(5)13(17)4)11(2)21-18(20-10)27-15-9-7-6-8-14(15)19/h6-9,23H,1-5H3. The van der Waals surface area contributed by atoms with Crippen molar-refractivity contribution in [2.24, 2.45) is 7.05 Å². The van der Waals surface area contributed by atoms with Gasteiger partial charge in [-0.25, -0.2) is 12.8 Å². The van der Waals surface area contributed by atoms with Crippen LogP contribution in [0.1, 0.15) is 22.8 Å². The van der Waals surface area contributed by atoms with Crippen LogP contribution in [0.15, 0.2) is 29.2 Å². The molecular weight excluding hydrogens is 385 g/mol. The van der Waals surface area contributed by atoms with Crippen molar-refractivity contribution in [2.75, 3.05) is 4.72 Å². The first-order valence-electron chi connectivity index (χ1n) is 8.41. The van der Waals surface area contributed by atoms with E-state index < -0.39 is 15.8 Å². The molecule has 28 heavy (non-hydrogen) atoms.